The highest BCUT2D eigenvalue weighted by atomic mass is 16.4. The van der Waals surface area contributed by atoms with Crippen LogP contribution in [0.25, 0.3) is 0 Å². The van der Waals surface area contributed by atoms with Crippen LogP contribution in [0.4, 0.5) is 4.79 Å². The summed E-state index contributed by atoms with van der Waals surface area (Å²) in [6, 6.07) is -1.40. The lowest BCUT2D eigenvalue weighted by Crippen LogP contribution is -2.49. The highest BCUT2D eigenvalue weighted by molar-refractivity contribution is 5.82. The number of carbonyl (C=O) groups excluding carboxylic acids is 1. The van der Waals surface area contributed by atoms with Crippen LogP contribution in [0.1, 0.15) is 13.8 Å². The zero-order valence-corrected chi connectivity index (χ0v) is 9.23. The maximum absolute atomic E-state index is 11.4. The van der Waals surface area contributed by atoms with Crippen molar-refractivity contribution in [3.05, 3.63) is 0 Å². The van der Waals surface area contributed by atoms with E-state index in [0.717, 1.165) is 0 Å². The molecule has 0 aromatic heterocycles. The Hall–Kier alpha value is -1.30. The van der Waals surface area contributed by atoms with Crippen LogP contribution in [-0.4, -0.2) is 53.4 Å². The molecular weight excluding hydrogens is 200 g/mol. The number of hydrogen-bond acceptors (Lipinski definition) is 3. The molecule has 1 unspecified atom stereocenters. The molecule has 0 bridgehead atoms. The molecular formula is C9H18N2O4. The van der Waals surface area contributed by atoms with Gasteiger partial charge >= 0.3 is 12.0 Å². The first-order valence-electron chi connectivity index (χ1n) is 4.75. The minimum atomic E-state index is -1.06. The Morgan fingerprint density at radius 3 is 2.27 bits per heavy atom. The van der Waals surface area contributed by atoms with Crippen LogP contribution in [0.5, 0.6) is 0 Å². The Morgan fingerprint density at radius 1 is 1.40 bits per heavy atom. The van der Waals surface area contributed by atoms with Gasteiger partial charge in [0.15, 0.2) is 0 Å². The number of hydrogen-bond donors (Lipinski definition) is 3. The third-order valence-electron chi connectivity index (χ3n) is 1.99. The largest absolute Gasteiger partial charge is 0.480 e. The number of amides is 2. The van der Waals surface area contributed by atoms with Crippen molar-refractivity contribution >= 4 is 12.0 Å². The summed E-state index contributed by atoms with van der Waals surface area (Å²) >= 11 is 0. The Balaban J connectivity index is 4.29. The van der Waals surface area contributed by atoms with Crippen LogP contribution in [0.3, 0.4) is 0 Å². The van der Waals surface area contributed by atoms with Gasteiger partial charge in [0, 0.05) is 13.6 Å². The van der Waals surface area contributed by atoms with Crippen LogP contribution in [-0.2, 0) is 4.79 Å². The Kier molecular flexibility index (Phi) is 5.69. The zero-order valence-electron chi connectivity index (χ0n) is 9.23. The Morgan fingerprint density at radius 2 is 1.93 bits per heavy atom. The van der Waals surface area contributed by atoms with E-state index in [1.54, 1.807) is 13.8 Å². The molecule has 0 aromatic carbocycles. The first kappa shape index (κ1) is 13.7. The summed E-state index contributed by atoms with van der Waals surface area (Å²) in [6.07, 6.45) is 0. The van der Waals surface area contributed by atoms with Crippen molar-refractivity contribution < 1.29 is 19.8 Å². The molecule has 0 spiro atoms. The lowest BCUT2D eigenvalue weighted by atomic mass is 10.1. The van der Waals surface area contributed by atoms with Crippen molar-refractivity contribution in [3.63, 3.8) is 0 Å². The van der Waals surface area contributed by atoms with Gasteiger partial charge in [-0.15, -0.1) is 0 Å². The molecule has 15 heavy (non-hydrogen) atoms. The number of aliphatic hydroxyl groups is 1. The summed E-state index contributed by atoms with van der Waals surface area (Å²) in [7, 11) is 1.49. The maximum Gasteiger partial charge on any atom is 0.326 e. The average molecular weight is 218 g/mol. The fourth-order valence-electron chi connectivity index (χ4n) is 1.01. The quantitative estimate of drug-likeness (QED) is 0.592. The second-order valence-electron chi connectivity index (χ2n) is 3.65. The third-order valence-corrected chi connectivity index (χ3v) is 1.99. The van der Waals surface area contributed by atoms with Gasteiger partial charge in [-0.05, 0) is 5.92 Å². The van der Waals surface area contributed by atoms with Gasteiger partial charge in [-0.25, -0.2) is 9.59 Å². The minimum Gasteiger partial charge on any atom is -0.480 e. The van der Waals surface area contributed by atoms with E-state index in [0.29, 0.717) is 0 Å². The summed E-state index contributed by atoms with van der Waals surface area (Å²) in [4.78, 5) is 23.4. The van der Waals surface area contributed by atoms with Gasteiger partial charge in [0.05, 0.1) is 6.61 Å². The first-order chi connectivity index (χ1) is 6.90. The first-order valence-corrected chi connectivity index (χ1v) is 4.75. The van der Waals surface area contributed by atoms with Crippen molar-refractivity contribution in [1.29, 1.82) is 0 Å². The van der Waals surface area contributed by atoms with E-state index in [-0.39, 0.29) is 19.1 Å². The second-order valence-corrected chi connectivity index (χ2v) is 3.65. The smallest absolute Gasteiger partial charge is 0.326 e. The predicted octanol–water partition coefficient (Wildman–Crippen LogP) is -0.271. The molecule has 0 radical (unpaired) electrons. The van der Waals surface area contributed by atoms with Gasteiger partial charge in [-0.3, -0.25) is 0 Å². The van der Waals surface area contributed by atoms with Gasteiger partial charge in [0.1, 0.15) is 6.04 Å². The average Bonchev–Trinajstić information content (AvgIpc) is 2.12. The summed E-state index contributed by atoms with van der Waals surface area (Å²) in [5, 5.41) is 19.8. The molecule has 0 saturated heterocycles. The zero-order chi connectivity index (χ0) is 12.0. The van der Waals surface area contributed by atoms with Gasteiger partial charge in [0.25, 0.3) is 0 Å². The van der Waals surface area contributed by atoms with Crippen molar-refractivity contribution in [3.8, 4) is 0 Å². The molecule has 0 heterocycles. The van der Waals surface area contributed by atoms with E-state index in [1.165, 1.54) is 11.9 Å². The normalized spacial score (nSPS) is 12.3. The van der Waals surface area contributed by atoms with Crippen molar-refractivity contribution in [1.82, 2.24) is 10.2 Å². The summed E-state index contributed by atoms with van der Waals surface area (Å²) in [6.45, 7) is 3.45. The fraction of sp³-hybridized carbons (Fsp3) is 0.778. The molecule has 6 heteroatoms. The number of aliphatic carboxylic acids is 1. The molecule has 3 N–H and O–H groups in total. The fourth-order valence-corrected chi connectivity index (χ4v) is 1.01. The summed E-state index contributed by atoms with van der Waals surface area (Å²) in [5.41, 5.74) is 0. The molecule has 88 valence electrons. The number of aliphatic hydroxyl groups excluding tert-OH is 1. The van der Waals surface area contributed by atoms with E-state index >= 15 is 0 Å². The number of carboxylic acids is 1. The molecule has 0 aliphatic carbocycles. The number of rotatable bonds is 5. The number of carbonyl (C=O) groups is 2. The van der Waals surface area contributed by atoms with Gasteiger partial charge < -0.3 is 20.4 Å². The van der Waals surface area contributed by atoms with Gasteiger partial charge in [-0.2, -0.15) is 0 Å². The summed E-state index contributed by atoms with van der Waals surface area (Å²) < 4.78 is 0. The number of nitrogens with zero attached hydrogens (tertiary/aromatic N) is 1. The van der Waals surface area contributed by atoms with E-state index < -0.39 is 18.0 Å². The highest BCUT2D eigenvalue weighted by Crippen LogP contribution is 2.02. The highest BCUT2D eigenvalue weighted by Gasteiger charge is 2.24. The third kappa shape index (κ3) is 4.64. The van der Waals surface area contributed by atoms with Crippen molar-refractivity contribution in [2.45, 2.75) is 19.9 Å². The van der Waals surface area contributed by atoms with Gasteiger partial charge in [0.2, 0.25) is 0 Å². The molecule has 0 aliphatic heterocycles. The Labute approximate surface area is 88.9 Å². The molecule has 2 amide bonds. The number of likely N-dealkylation sites (N-methyl/N-ethyl adjacent to an activating group) is 1. The van der Waals surface area contributed by atoms with Crippen LogP contribution in [0.2, 0.25) is 0 Å². The molecule has 0 saturated carbocycles. The molecule has 0 aromatic rings. The molecule has 0 fully saturated rings. The van der Waals surface area contributed by atoms with E-state index in [4.69, 9.17) is 10.2 Å². The molecule has 0 aliphatic rings. The molecule has 1 atom stereocenters. The van der Waals surface area contributed by atoms with Crippen LogP contribution in [0, 0.1) is 5.92 Å². The number of urea groups is 1. The summed E-state index contributed by atoms with van der Waals surface area (Å²) in [5.74, 6) is -1.25. The SMILES string of the molecule is CC(C)C(NC(=O)N(C)CCO)C(=O)O. The van der Waals surface area contributed by atoms with Crippen LogP contribution < -0.4 is 5.32 Å². The predicted molar refractivity (Wildman–Crippen MR) is 54.5 cm³/mol. The van der Waals surface area contributed by atoms with E-state index in [9.17, 15) is 9.59 Å². The topological polar surface area (TPSA) is 89.9 Å². The molecule has 6 nitrogen and oxygen atoms in total. The monoisotopic (exact) mass is 218 g/mol. The number of nitrogens with one attached hydrogen (secondary N) is 1. The van der Waals surface area contributed by atoms with Crippen LogP contribution >= 0.6 is 0 Å². The molecule has 0 rings (SSSR count). The van der Waals surface area contributed by atoms with Crippen LogP contribution in [0.15, 0.2) is 0 Å². The minimum absolute atomic E-state index is 0.149. The van der Waals surface area contributed by atoms with Gasteiger partial charge in [-0.1, -0.05) is 13.8 Å². The maximum atomic E-state index is 11.4. The Bertz CT molecular complexity index is 230. The lowest BCUT2D eigenvalue weighted by Gasteiger charge is -2.22. The van der Waals surface area contributed by atoms with Crippen molar-refractivity contribution in [2.24, 2.45) is 5.92 Å². The second kappa shape index (κ2) is 6.23. The standard InChI is InChI=1S/C9H18N2O4/c1-6(2)7(8(13)14)10-9(15)11(3)4-5-12/h6-7,12H,4-5H2,1-3H3,(H,10,15)(H,13,14). The lowest BCUT2D eigenvalue weighted by molar-refractivity contribution is -0.140. The van der Waals surface area contributed by atoms with E-state index in [1.807, 2.05) is 0 Å². The van der Waals surface area contributed by atoms with Crippen molar-refractivity contribution in [2.75, 3.05) is 20.2 Å². The number of carboxylic acid groups (broad SMARTS) is 1. The van der Waals surface area contributed by atoms with E-state index in [2.05, 4.69) is 5.32 Å².